The molecule has 0 atom stereocenters. The van der Waals surface area contributed by atoms with Gasteiger partial charge in [-0.15, -0.1) is 0 Å². The molecule has 0 aliphatic rings. The number of carbonyl (C=O) groups excluding carboxylic acids is 1. The Morgan fingerprint density at radius 3 is 3.00 bits per heavy atom. The van der Waals surface area contributed by atoms with Crippen molar-refractivity contribution < 1.29 is 4.79 Å². The van der Waals surface area contributed by atoms with Crippen LogP contribution in [0.4, 0.5) is 0 Å². The highest BCUT2D eigenvalue weighted by Crippen LogP contribution is 2.11. The fourth-order valence-electron chi connectivity index (χ4n) is 1.10. The average Bonchev–Trinajstić information content (AvgIpc) is 2.24. The summed E-state index contributed by atoms with van der Waals surface area (Å²) in [6.45, 7) is 0.541. The molecule has 0 spiro atoms. The van der Waals surface area contributed by atoms with Gasteiger partial charge in [-0.3, -0.25) is 4.79 Å². The molecule has 15 heavy (non-hydrogen) atoms. The molecule has 0 saturated carbocycles. The molecule has 1 amide bonds. The summed E-state index contributed by atoms with van der Waals surface area (Å²) < 4.78 is 0.882. The van der Waals surface area contributed by atoms with Crippen molar-refractivity contribution in [1.82, 2.24) is 5.32 Å². The minimum Gasteiger partial charge on any atom is -0.352 e. The van der Waals surface area contributed by atoms with Crippen LogP contribution >= 0.6 is 15.9 Å². The number of hydrogen-bond donors (Lipinski definition) is 1. The molecule has 1 aromatic rings. The van der Waals surface area contributed by atoms with Gasteiger partial charge >= 0.3 is 0 Å². The lowest BCUT2D eigenvalue weighted by Gasteiger charge is -2.03. The lowest BCUT2D eigenvalue weighted by atomic mass is 10.2. The largest absolute Gasteiger partial charge is 0.352 e. The lowest BCUT2D eigenvalue weighted by Crippen LogP contribution is -2.24. The van der Waals surface area contributed by atoms with Crippen LogP contribution in [0.1, 0.15) is 23.2 Å². The second-order valence-electron chi connectivity index (χ2n) is 3.03. The minimum absolute atomic E-state index is 0.103. The number of rotatable bonds is 4. The van der Waals surface area contributed by atoms with Crippen LogP contribution < -0.4 is 5.32 Å². The van der Waals surface area contributed by atoms with Gasteiger partial charge in [0, 0.05) is 23.0 Å². The molecule has 0 unspecified atom stereocenters. The predicted octanol–water partition coefficient (Wildman–Crippen LogP) is 2.48. The second kappa shape index (κ2) is 6.20. The summed E-state index contributed by atoms with van der Waals surface area (Å²) in [6, 6.07) is 9.23. The molecule has 0 radical (unpaired) electrons. The van der Waals surface area contributed by atoms with Gasteiger partial charge in [0.15, 0.2) is 0 Å². The molecule has 0 saturated heterocycles. The summed E-state index contributed by atoms with van der Waals surface area (Å²) in [4.78, 5) is 11.5. The normalized spacial score (nSPS) is 9.33. The van der Waals surface area contributed by atoms with Gasteiger partial charge in [-0.05, 0) is 24.6 Å². The van der Waals surface area contributed by atoms with E-state index in [2.05, 4.69) is 21.2 Å². The molecule has 0 fully saturated rings. The maximum atomic E-state index is 11.5. The van der Waals surface area contributed by atoms with Crippen LogP contribution in [0, 0.1) is 11.3 Å². The van der Waals surface area contributed by atoms with Crippen molar-refractivity contribution in [3.63, 3.8) is 0 Å². The summed E-state index contributed by atoms with van der Waals surface area (Å²) in [7, 11) is 0. The van der Waals surface area contributed by atoms with Crippen LogP contribution in [-0.4, -0.2) is 12.5 Å². The zero-order chi connectivity index (χ0) is 11.1. The number of amides is 1. The van der Waals surface area contributed by atoms with Crippen molar-refractivity contribution in [2.75, 3.05) is 6.54 Å². The molecule has 1 N–H and O–H groups in total. The predicted molar refractivity (Wildman–Crippen MR) is 61.3 cm³/mol. The van der Waals surface area contributed by atoms with E-state index < -0.39 is 0 Å². The minimum atomic E-state index is -0.103. The Balaban J connectivity index is 2.44. The number of unbranched alkanes of at least 4 members (excludes halogenated alkanes) is 1. The van der Waals surface area contributed by atoms with Crippen molar-refractivity contribution >= 4 is 21.8 Å². The van der Waals surface area contributed by atoms with E-state index in [1.165, 1.54) is 0 Å². The smallest absolute Gasteiger partial charge is 0.251 e. The summed E-state index contributed by atoms with van der Waals surface area (Å²) in [6.07, 6.45) is 1.16. The Morgan fingerprint density at radius 1 is 1.53 bits per heavy atom. The van der Waals surface area contributed by atoms with Crippen LogP contribution in [-0.2, 0) is 0 Å². The first-order valence-electron chi connectivity index (χ1n) is 4.65. The third-order valence-corrected chi connectivity index (χ3v) is 2.33. The fraction of sp³-hybridized carbons (Fsp3) is 0.273. The summed E-state index contributed by atoms with van der Waals surface area (Å²) in [5.74, 6) is -0.103. The number of hydrogen-bond acceptors (Lipinski definition) is 2. The van der Waals surface area contributed by atoms with Crippen molar-refractivity contribution in [1.29, 1.82) is 5.26 Å². The van der Waals surface area contributed by atoms with Crippen molar-refractivity contribution in [2.24, 2.45) is 0 Å². The van der Waals surface area contributed by atoms with E-state index in [4.69, 9.17) is 5.26 Å². The number of carbonyl (C=O) groups is 1. The molecule has 0 heterocycles. The monoisotopic (exact) mass is 266 g/mol. The molecule has 1 rings (SSSR count). The highest BCUT2D eigenvalue weighted by Gasteiger charge is 2.03. The van der Waals surface area contributed by atoms with E-state index in [-0.39, 0.29) is 5.91 Å². The van der Waals surface area contributed by atoms with Crippen LogP contribution in [0.3, 0.4) is 0 Å². The van der Waals surface area contributed by atoms with Crippen molar-refractivity contribution in [3.8, 4) is 6.07 Å². The standard InChI is InChI=1S/C11H11BrN2O/c12-10-5-3-4-9(8-10)11(15)14-7-2-1-6-13/h3-5,8H,1-2,7H2,(H,14,15). The highest BCUT2D eigenvalue weighted by molar-refractivity contribution is 9.10. The van der Waals surface area contributed by atoms with Gasteiger partial charge in [0.2, 0.25) is 0 Å². The number of halogens is 1. The van der Waals surface area contributed by atoms with Crippen molar-refractivity contribution in [2.45, 2.75) is 12.8 Å². The van der Waals surface area contributed by atoms with Gasteiger partial charge in [-0.25, -0.2) is 0 Å². The Kier molecular flexibility index (Phi) is 4.85. The number of nitriles is 1. The van der Waals surface area contributed by atoms with E-state index in [0.29, 0.717) is 24.9 Å². The Hall–Kier alpha value is -1.34. The molecule has 78 valence electrons. The van der Waals surface area contributed by atoms with Gasteiger partial charge in [-0.1, -0.05) is 22.0 Å². The maximum Gasteiger partial charge on any atom is 0.251 e. The average molecular weight is 267 g/mol. The molecule has 0 aliphatic heterocycles. The number of nitrogens with one attached hydrogen (secondary N) is 1. The molecule has 0 bridgehead atoms. The van der Waals surface area contributed by atoms with E-state index >= 15 is 0 Å². The first kappa shape index (κ1) is 11.7. The van der Waals surface area contributed by atoms with E-state index in [1.54, 1.807) is 12.1 Å². The first-order valence-corrected chi connectivity index (χ1v) is 5.44. The third kappa shape index (κ3) is 4.13. The first-order chi connectivity index (χ1) is 7.24. The van der Waals surface area contributed by atoms with Gasteiger partial charge in [0.05, 0.1) is 6.07 Å². The van der Waals surface area contributed by atoms with Gasteiger partial charge in [-0.2, -0.15) is 5.26 Å². The molecular formula is C11H11BrN2O. The summed E-state index contributed by atoms with van der Waals surface area (Å²) >= 11 is 3.30. The fourth-order valence-corrected chi connectivity index (χ4v) is 1.50. The SMILES string of the molecule is N#CCCCNC(=O)c1cccc(Br)c1. The van der Waals surface area contributed by atoms with Crippen molar-refractivity contribution in [3.05, 3.63) is 34.3 Å². The summed E-state index contributed by atoms with van der Waals surface area (Å²) in [5, 5.41) is 11.1. The zero-order valence-electron chi connectivity index (χ0n) is 8.16. The van der Waals surface area contributed by atoms with Gasteiger partial charge < -0.3 is 5.32 Å². The number of nitrogens with zero attached hydrogens (tertiary/aromatic N) is 1. The topological polar surface area (TPSA) is 52.9 Å². The van der Waals surface area contributed by atoms with Crippen LogP contribution in [0.5, 0.6) is 0 Å². The van der Waals surface area contributed by atoms with E-state index in [1.807, 2.05) is 18.2 Å². The van der Waals surface area contributed by atoms with E-state index in [0.717, 1.165) is 4.47 Å². The molecule has 4 heteroatoms. The lowest BCUT2D eigenvalue weighted by molar-refractivity contribution is 0.0953. The molecular weight excluding hydrogens is 256 g/mol. The van der Waals surface area contributed by atoms with Crippen LogP contribution in [0.15, 0.2) is 28.7 Å². The van der Waals surface area contributed by atoms with Crippen LogP contribution in [0.25, 0.3) is 0 Å². The van der Waals surface area contributed by atoms with Crippen LogP contribution in [0.2, 0.25) is 0 Å². The molecule has 3 nitrogen and oxygen atoms in total. The van der Waals surface area contributed by atoms with E-state index in [9.17, 15) is 4.79 Å². The molecule has 0 aliphatic carbocycles. The Bertz CT molecular complexity index is 384. The third-order valence-electron chi connectivity index (χ3n) is 1.84. The molecule has 1 aromatic carbocycles. The Labute approximate surface area is 97.2 Å². The number of benzene rings is 1. The summed E-state index contributed by atoms with van der Waals surface area (Å²) in [5.41, 5.74) is 0.626. The quantitative estimate of drug-likeness (QED) is 0.852. The molecule has 0 aromatic heterocycles. The van der Waals surface area contributed by atoms with Gasteiger partial charge in [0.25, 0.3) is 5.91 Å². The Morgan fingerprint density at radius 2 is 2.33 bits per heavy atom. The maximum absolute atomic E-state index is 11.5. The zero-order valence-corrected chi connectivity index (χ0v) is 9.75. The van der Waals surface area contributed by atoms with Gasteiger partial charge in [0.1, 0.15) is 0 Å². The highest BCUT2D eigenvalue weighted by atomic mass is 79.9. The second-order valence-corrected chi connectivity index (χ2v) is 3.94.